The van der Waals surface area contributed by atoms with Gasteiger partial charge in [-0.1, -0.05) is 12.1 Å². The Labute approximate surface area is 148 Å². The SMILES string of the molecule is CN(CC(=O)N1CCOCC1)C(=O)Cn1[nH]c(=O)c2ccccc2c1=O. The molecule has 9 nitrogen and oxygen atoms in total. The molecule has 0 unspecified atom stereocenters. The zero-order valence-corrected chi connectivity index (χ0v) is 14.4. The first-order valence-corrected chi connectivity index (χ1v) is 8.28. The fraction of sp³-hybridized carbons (Fsp3) is 0.412. The van der Waals surface area contributed by atoms with Crippen molar-refractivity contribution in [1.29, 1.82) is 0 Å². The van der Waals surface area contributed by atoms with Crippen LogP contribution in [0.2, 0.25) is 0 Å². The van der Waals surface area contributed by atoms with Crippen molar-refractivity contribution in [3.05, 3.63) is 45.0 Å². The summed E-state index contributed by atoms with van der Waals surface area (Å²) in [6.07, 6.45) is 0. The quantitative estimate of drug-likeness (QED) is 0.754. The van der Waals surface area contributed by atoms with Crippen molar-refractivity contribution >= 4 is 22.6 Å². The number of amides is 2. The standard InChI is InChI=1S/C17H20N4O5/c1-19(10-15(23)20-6-8-26-9-7-20)14(22)11-21-17(25)13-5-3-2-4-12(13)16(24)18-21/h2-5H,6-11H2,1H3,(H,18,24). The van der Waals surface area contributed by atoms with Gasteiger partial charge in [0.1, 0.15) is 6.54 Å². The van der Waals surface area contributed by atoms with Crippen LogP contribution in [0.25, 0.3) is 10.8 Å². The largest absolute Gasteiger partial charge is 0.378 e. The molecule has 2 amide bonds. The van der Waals surface area contributed by atoms with Crippen LogP contribution in [0, 0.1) is 0 Å². The number of hydrogen-bond donors (Lipinski definition) is 1. The van der Waals surface area contributed by atoms with Crippen LogP contribution in [0.5, 0.6) is 0 Å². The van der Waals surface area contributed by atoms with Crippen LogP contribution in [0.1, 0.15) is 0 Å². The van der Waals surface area contributed by atoms with E-state index in [1.165, 1.54) is 11.9 Å². The van der Waals surface area contributed by atoms with Gasteiger partial charge in [0.05, 0.1) is 30.5 Å². The molecule has 1 aliphatic heterocycles. The lowest BCUT2D eigenvalue weighted by atomic mass is 10.2. The first-order valence-electron chi connectivity index (χ1n) is 8.28. The molecule has 26 heavy (non-hydrogen) atoms. The zero-order valence-electron chi connectivity index (χ0n) is 14.4. The molecule has 138 valence electrons. The minimum Gasteiger partial charge on any atom is -0.378 e. The zero-order chi connectivity index (χ0) is 18.7. The van der Waals surface area contributed by atoms with E-state index in [2.05, 4.69) is 5.10 Å². The Hall–Kier alpha value is -2.94. The van der Waals surface area contributed by atoms with Gasteiger partial charge in [-0.05, 0) is 12.1 Å². The van der Waals surface area contributed by atoms with E-state index in [9.17, 15) is 19.2 Å². The summed E-state index contributed by atoms with van der Waals surface area (Å²) in [5, 5.41) is 2.93. The van der Waals surface area contributed by atoms with Crippen molar-refractivity contribution in [1.82, 2.24) is 19.6 Å². The first kappa shape index (κ1) is 17.9. The Bertz CT molecular complexity index is 942. The summed E-state index contributed by atoms with van der Waals surface area (Å²) >= 11 is 0. The molecule has 9 heteroatoms. The number of ether oxygens (including phenoxy) is 1. The fourth-order valence-electron chi connectivity index (χ4n) is 2.82. The third-order valence-electron chi connectivity index (χ3n) is 4.34. The van der Waals surface area contributed by atoms with Crippen LogP contribution < -0.4 is 11.1 Å². The molecule has 0 bridgehead atoms. The number of hydrogen-bond acceptors (Lipinski definition) is 5. The van der Waals surface area contributed by atoms with Crippen LogP contribution in [0.15, 0.2) is 33.9 Å². The molecule has 1 aromatic carbocycles. The third-order valence-corrected chi connectivity index (χ3v) is 4.34. The van der Waals surface area contributed by atoms with Gasteiger partial charge in [-0.15, -0.1) is 0 Å². The molecule has 2 aromatic rings. The molecule has 1 aromatic heterocycles. The highest BCUT2D eigenvalue weighted by molar-refractivity contribution is 5.85. The van der Waals surface area contributed by atoms with Gasteiger partial charge in [0, 0.05) is 20.1 Å². The lowest BCUT2D eigenvalue weighted by Crippen LogP contribution is -2.47. The fourth-order valence-corrected chi connectivity index (χ4v) is 2.82. The summed E-state index contributed by atoms with van der Waals surface area (Å²) in [7, 11) is 1.49. The van der Waals surface area contributed by atoms with Gasteiger partial charge in [0.2, 0.25) is 11.8 Å². The number of H-pyrrole nitrogens is 1. The molecular weight excluding hydrogens is 340 g/mol. The highest BCUT2D eigenvalue weighted by Crippen LogP contribution is 2.03. The second kappa shape index (κ2) is 7.52. The highest BCUT2D eigenvalue weighted by Gasteiger charge is 2.21. The average molecular weight is 360 g/mol. The molecule has 1 saturated heterocycles. The molecule has 2 heterocycles. The number of aromatic nitrogens is 2. The molecule has 1 fully saturated rings. The van der Waals surface area contributed by atoms with Crippen molar-refractivity contribution in [2.45, 2.75) is 6.54 Å². The van der Waals surface area contributed by atoms with Crippen molar-refractivity contribution in [2.75, 3.05) is 39.9 Å². The molecule has 1 aliphatic rings. The van der Waals surface area contributed by atoms with Crippen molar-refractivity contribution in [3.8, 4) is 0 Å². The minimum absolute atomic E-state index is 0.0919. The Balaban J connectivity index is 1.72. The van der Waals surface area contributed by atoms with Gasteiger partial charge in [-0.2, -0.15) is 0 Å². The lowest BCUT2D eigenvalue weighted by molar-refractivity contribution is -0.142. The molecule has 0 spiro atoms. The monoisotopic (exact) mass is 360 g/mol. The van der Waals surface area contributed by atoms with Gasteiger partial charge in [-0.25, -0.2) is 4.68 Å². The topological polar surface area (TPSA) is 105 Å². The Morgan fingerprint density at radius 2 is 1.81 bits per heavy atom. The van der Waals surface area contributed by atoms with Crippen molar-refractivity contribution in [2.24, 2.45) is 0 Å². The predicted octanol–water partition coefficient (Wildman–Crippen LogP) is -0.993. The summed E-state index contributed by atoms with van der Waals surface area (Å²) in [6, 6.07) is 6.41. The average Bonchev–Trinajstić information content (AvgIpc) is 2.66. The number of likely N-dealkylation sites (N-methyl/N-ethyl adjacent to an activating group) is 1. The summed E-state index contributed by atoms with van der Waals surface area (Å²) in [5.41, 5.74) is -0.901. The number of carbonyl (C=O) groups excluding carboxylic acids is 2. The summed E-state index contributed by atoms with van der Waals surface area (Å²) in [5.74, 6) is -0.622. The number of benzene rings is 1. The first-order chi connectivity index (χ1) is 12.5. The maximum atomic E-state index is 12.4. The van der Waals surface area contributed by atoms with Crippen LogP contribution >= 0.6 is 0 Å². The maximum Gasteiger partial charge on any atom is 0.273 e. The minimum atomic E-state index is -0.457. The van der Waals surface area contributed by atoms with Gasteiger partial charge in [0.15, 0.2) is 0 Å². The normalized spacial score (nSPS) is 14.4. The van der Waals surface area contributed by atoms with Crippen LogP contribution in [0.4, 0.5) is 0 Å². The summed E-state index contributed by atoms with van der Waals surface area (Å²) in [4.78, 5) is 52.0. The molecule has 3 rings (SSSR count). The lowest BCUT2D eigenvalue weighted by Gasteiger charge is -2.28. The van der Waals surface area contributed by atoms with E-state index in [0.29, 0.717) is 26.3 Å². The predicted molar refractivity (Wildman–Crippen MR) is 93.9 cm³/mol. The molecule has 0 saturated carbocycles. The Morgan fingerprint density at radius 3 is 2.50 bits per heavy atom. The number of carbonyl (C=O) groups is 2. The third kappa shape index (κ3) is 3.67. The van der Waals surface area contributed by atoms with E-state index < -0.39 is 17.0 Å². The van der Waals surface area contributed by atoms with Gasteiger partial charge in [-0.3, -0.25) is 24.3 Å². The Morgan fingerprint density at radius 1 is 1.15 bits per heavy atom. The van der Waals surface area contributed by atoms with Crippen LogP contribution in [0.3, 0.4) is 0 Å². The highest BCUT2D eigenvalue weighted by atomic mass is 16.5. The van der Waals surface area contributed by atoms with Crippen LogP contribution in [-0.2, 0) is 20.9 Å². The summed E-state index contributed by atoms with van der Waals surface area (Å²) < 4.78 is 6.17. The van der Waals surface area contributed by atoms with Gasteiger partial charge in [0.25, 0.3) is 11.1 Å². The maximum absolute atomic E-state index is 12.4. The van der Waals surface area contributed by atoms with E-state index in [-0.39, 0.29) is 29.8 Å². The Kier molecular flexibility index (Phi) is 5.17. The van der Waals surface area contributed by atoms with Crippen molar-refractivity contribution in [3.63, 3.8) is 0 Å². The molecular formula is C17H20N4O5. The second-order valence-electron chi connectivity index (χ2n) is 6.12. The van der Waals surface area contributed by atoms with Crippen molar-refractivity contribution < 1.29 is 14.3 Å². The number of fused-ring (bicyclic) bond motifs is 1. The van der Waals surface area contributed by atoms with E-state index in [1.807, 2.05) is 0 Å². The van der Waals surface area contributed by atoms with E-state index in [1.54, 1.807) is 29.2 Å². The smallest absolute Gasteiger partial charge is 0.273 e. The van der Waals surface area contributed by atoms with Crippen LogP contribution in [-0.4, -0.2) is 71.3 Å². The van der Waals surface area contributed by atoms with Gasteiger partial charge >= 0.3 is 0 Å². The number of aromatic amines is 1. The van der Waals surface area contributed by atoms with E-state index in [4.69, 9.17) is 4.74 Å². The number of nitrogens with zero attached hydrogens (tertiary/aromatic N) is 3. The number of nitrogens with one attached hydrogen (secondary N) is 1. The van der Waals surface area contributed by atoms with E-state index >= 15 is 0 Å². The molecule has 0 radical (unpaired) electrons. The number of rotatable bonds is 4. The molecule has 0 aliphatic carbocycles. The number of morpholine rings is 1. The molecule has 1 N–H and O–H groups in total. The molecule has 0 atom stereocenters. The second-order valence-corrected chi connectivity index (χ2v) is 6.12. The van der Waals surface area contributed by atoms with Gasteiger partial charge < -0.3 is 14.5 Å². The summed E-state index contributed by atoms with van der Waals surface area (Å²) in [6.45, 7) is 1.53. The van der Waals surface area contributed by atoms with E-state index in [0.717, 1.165) is 4.68 Å².